The highest BCUT2D eigenvalue weighted by atomic mass is 16.6. The number of cyclic esters (lactones) is 1. The summed E-state index contributed by atoms with van der Waals surface area (Å²) in [5.74, 6) is -0.282. The summed E-state index contributed by atoms with van der Waals surface area (Å²) < 4.78 is 18.3. The van der Waals surface area contributed by atoms with Crippen molar-refractivity contribution >= 4 is 5.97 Å². The minimum Gasteiger partial charge on any atom is -0.457 e. The van der Waals surface area contributed by atoms with Crippen molar-refractivity contribution < 1.29 is 29.2 Å². The second-order valence-corrected chi connectivity index (χ2v) is 10.4. The second-order valence-electron chi connectivity index (χ2n) is 10.4. The molecule has 11 atom stereocenters. The van der Waals surface area contributed by atoms with Gasteiger partial charge >= 0.3 is 5.97 Å². The van der Waals surface area contributed by atoms with Crippen LogP contribution in [-0.2, 0) is 19.0 Å². The van der Waals surface area contributed by atoms with Crippen LogP contribution in [0.3, 0.4) is 0 Å². The number of aliphatic hydroxyl groups excluding tert-OH is 2. The van der Waals surface area contributed by atoms with E-state index in [0.29, 0.717) is 6.42 Å². The Kier molecular flexibility index (Phi) is 8.26. The lowest BCUT2D eigenvalue weighted by atomic mass is 9.68. The number of allylic oxidation sites excluding steroid dienone is 1. The van der Waals surface area contributed by atoms with Crippen LogP contribution in [0.5, 0.6) is 0 Å². The molecule has 3 aliphatic rings. The number of carbonyl (C=O) groups excluding carboxylic acids is 1. The molecule has 1 unspecified atom stereocenters. The van der Waals surface area contributed by atoms with E-state index in [2.05, 4.69) is 38.7 Å². The summed E-state index contributed by atoms with van der Waals surface area (Å²) in [6.45, 7) is 13.6. The highest BCUT2D eigenvalue weighted by Crippen LogP contribution is 2.54. The molecule has 2 aliphatic heterocycles. The van der Waals surface area contributed by atoms with Gasteiger partial charge in [-0.3, -0.25) is 0 Å². The van der Waals surface area contributed by atoms with Crippen molar-refractivity contribution in [3.05, 3.63) is 36.5 Å². The quantitative estimate of drug-likeness (QED) is 0.442. The molecule has 2 N–H and O–H groups in total. The van der Waals surface area contributed by atoms with E-state index in [0.717, 1.165) is 18.4 Å². The molecule has 0 saturated carbocycles. The number of methoxy groups -OCH3 is 1. The summed E-state index contributed by atoms with van der Waals surface area (Å²) in [5, 5.41) is 20.7. The third kappa shape index (κ3) is 5.00. The van der Waals surface area contributed by atoms with Gasteiger partial charge in [0.15, 0.2) is 6.10 Å². The van der Waals surface area contributed by atoms with Crippen molar-refractivity contribution in [1.82, 2.24) is 0 Å². The molecule has 0 aromatic heterocycles. The number of rotatable bonds is 7. The van der Waals surface area contributed by atoms with Crippen LogP contribution in [0.2, 0.25) is 0 Å². The monoisotopic (exact) mass is 462 g/mol. The summed E-state index contributed by atoms with van der Waals surface area (Å²) in [6, 6.07) is 0. The van der Waals surface area contributed by atoms with Gasteiger partial charge in [-0.2, -0.15) is 0 Å². The third-order valence-corrected chi connectivity index (χ3v) is 8.24. The van der Waals surface area contributed by atoms with Gasteiger partial charge in [-0.25, -0.2) is 4.79 Å². The molecular formula is C27H42O6. The van der Waals surface area contributed by atoms with E-state index in [1.54, 1.807) is 6.92 Å². The standard InChI is InChI=1S/C27H42O6/c1-8-9-22(17(4)18(5)28)25-20-10-11-21-13-23(31-7)26(30)32-24(19(6)29)15(2)12-16(3)27(21,14-20)33-25/h8,10-12,15,17-25,28-29H,1,9,13-14H2,2-7H3/t15-,17?,18+,19-,20-,21-,22-,23+,24+,25-,27+/m1/s1. The lowest BCUT2D eigenvalue weighted by Crippen LogP contribution is -2.46. The molecule has 6 heteroatoms. The number of hydrogen-bond acceptors (Lipinski definition) is 6. The molecule has 0 radical (unpaired) electrons. The minimum absolute atomic E-state index is 0.0472. The van der Waals surface area contributed by atoms with Crippen LogP contribution in [0.1, 0.15) is 53.9 Å². The number of fused-ring (bicyclic) bond motifs is 1. The van der Waals surface area contributed by atoms with Gasteiger partial charge in [0, 0.05) is 24.9 Å². The molecule has 6 nitrogen and oxygen atoms in total. The Morgan fingerprint density at radius 1 is 1.27 bits per heavy atom. The van der Waals surface area contributed by atoms with Crippen molar-refractivity contribution in [2.45, 2.75) is 90.0 Å². The maximum Gasteiger partial charge on any atom is 0.335 e. The summed E-state index contributed by atoms with van der Waals surface area (Å²) in [7, 11) is 1.52. The number of aliphatic hydroxyl groups is 2. The van der Waals surface area contributed by atoms with E-state index in [9.17, 15) is 15.0 Å². The topological polar surface area (TPSA) is 85.2 Å². The van der Waals surface area contributed by atoms with Gasteiger partial charge in [-0.15, -0.1) is 6.58 Å². The summed E-state index contributed by atoms with van der Waals surface area (Å²) in [6.07, 6.45) is 7.73. The fourth-order valence-corrected chi connectivity index (χ4v) is 6.12. The van der Waals surface area contributed by atoms with Crippen molar-refractivity contribution in [2.24, 2.45) is 29.6 Å². The molecule has 0 amide bonds. The fraction of sp³-hybridized carbons (Fsp3) is 0.741. The second kappa shape index (κ2) is 10.4. The van der Waals surface area contributed by atoms with Gasteiger partial charge in [0.2, 0.25) is 0 Å². The first-order chi connectivity index (χ1) is 15.5. The van der Waals surface area contributed by atoms with Crippen LogP contribution in [0, 0.1) is 29.6 Å². The first-order valence-corrected chi connectivity index (χ1v) is 12.3. The van der Waals surface area contributed by atoms with E-state index in [4.69, 9.17) is 14.2 Å². The van der Waals surface area contributed by atoms with Crippen molar-refractivity contribution in [3.63, 3.8) is 0 Å². The minimum atomic E-state index is -0.807. The van der Waals surface area contributed by atoms with Crippen LogP contribution in [0.25, 0.3) is 0 Å². The molecule has 3 rings (SSSR count). The summed E-state index contributed by atoms with van der Waals surface area (Å²) in [5.41, 5.74) is 0.533. The van der Waals surface area contributed by atoms with E-state index in [1.165, 1.54) is 7.11 Å². The van der Waals surface area contributed by atoms with E-state index in [1.807, 2.05) is 19.9 Å². The maximum absolute atomic E-state index is 12.9. The molecule has 0 aromatic rings. The Morgan fingerprint density at radius 3 is 2.55 bits per heavy atom. The molecule has 2 bridgehead atoms. The SMILES string of the molecule is C=CC[C@H](C(C)[C@H](C)O)[C@@H]1O[C@]23C[C@H]1C=C[C@@H]2C[C@H](OC)C(=O)O[C@H]([C@@H](C)O)[C@H](C)C=C3C. The molecular weight excluding hydrogens is 420 g/mol. The Balaban J connectivity index is 2.05. The predicted octanol–water partition coefficient (Wildman–Crippen LogP) is 3.82. The molecule has 186 valence electrons. The third-order valence-electron chi connectivity index (χ3n) is 8.24. The van der Waals surface area contributed by atoms with E-state index >= 15 is 0 Å². The number of carbonyl (C=O) groups is 1. The first-order valence-electron chi connectivity index (χ1n) is 12.3. The highest BCUT2D eigenvalue weighted by Gasteiger charge is 2.56. The zero-order chi connectivity index (χ0) is 24.5. The Bertz CT molecular complexity index is 771. The molecule has 1 spiro atoms. The molecule has 2 heterocycles. The molecule has 1 fully saturated rings. The Hall–Kier alpha value is -1.47. The van der Waals surface area contributed by atoms with E-state index < -0.39 is 36.0 Å². The van der Waals surface area contributed by atoms with Crippen LogP contribution >= 0.6 is 0 Å². The van der Waals surface area contributed by atoms with Crippen LogP contribution < -0.4 is 0 Å². The van der Waals surface area contributed by atoms with Gasteiger partial charge in [-0.1, -0.05) is 38.2 Å². The lowest BCUT2D eigenvalue weighted by molar-refractivity contribution is -0.171. The first kappa shape index (κ1) is 26.1. The average molecular weight is 463 g/mol. The Labute approximate surface area is 198 Å². The van der Waals surface area contributed by atoms with Crippen LogP contribution in [0.15, 0.2) is 36.5 Å². The van der Waals surface area contributed by atoms with Crippen molar-refractivity contribution in [2.75, 3.05) is 7.11 Å². The number of hydrogen-bond donors (Lipinski definition) is 2. The van der Waals surface area contributed by atoms with Crippen molar-refractivity contribution in [1.29, 1.82) is 0 Å². The zero-order valence-corrected chi connectivity index (χ0v) is 20.9. The zero-order valence-electron chi connectivity index (χ0n) is 20.9. The van der Waals surface area contributed by atoms with Gasteiger partial charge in [0.1, 0.15) is 6.10 Å². The molecule has 1 saturated heterocycles. The maximum atomic E-state index is 12.9. The van der Waals surface area contributed by atoms with Crippen LogP contribution in [-0.4, -0.2) is 59.4 Å². The van der Waals surface area contributed by atoms with E-state index in [-0.39, 0.29) is 35.7 Å². The lowest BCUT2D eigenvalue weighted by Gasteiger charge is -2.41. The van der Waals surface area contributed by atoms with Gasteiger partial charge in [0.05, 0.1) is 23.9 Å². The largest absolute Gasteiger partial charge is 0.457 e. The molecule has 0 aromatic carbocycles. The number of esters is 1. The van der Waals surface area contributed by atoms with Crippen molar-refractivity contribution in [3.8, 4) is 0 Å². The van der Waals surface area contributed by atoms with Gasteiger partial charge < -0.3 is 24.4 Å². The highest BCUT2D eigenvalue weighted by molar-refractivity contribution is 5.75. The normalized spacial score (nSPS) is 40.1. The molecule has 33 heavy (non-hydrogen) atoms. The predicted molar refractivity (Wildman–Crippen MR) is 127 cm³/mol. The average Bonchev–Trinajstić information content (AvgIpc) is 3.07. The number of ether oxygens (including phenoxy) is 3. The smallest absolute Gasteiger partial charge is 0.335 e. The van der Waals surface area contributed by atoms with Crippen LogP contribution in [0.4, 0.5) is 0 Å². The summed E-state index contributed by atoms with van der Waals surface area (Å²) in [4.78, 5) is 12.9. The summed E-state index contributed by atoms with van der Waals surface area (Å²) >= 11 is 0. The molecule has 1 aliphatic carbocycles. The van der Waals surface area contributed by atoms with Gasteiger partial charge in [-0.05, 0) is 57.4 Å². The van der Waals surface area contributed by atoms with Gasteiger partial charge in [0.25, 0.3) is 0 Å². The fourth-order valence-electron chi connectivity index (χ4n) is 6.12. The Morgan fingerprint density at radius 2 is 1.97 bits per heavy atom.